The fraction of sp³-hybridized carbons (Fsp3) is 0.200. The fourth-order valence-corrected chi connectivity index (χ4v) is 1.89. The second-order valence-corrected chi connectivity index (χ2v) is 4.13. The van der Waals surface area contributed by atoms with Crippen molar-refractivity contribution in [2.75, 3.05) is 6.61 Å². The Morgan fingerprint density at radius 3 is 2.30 bits per heavy atom. The Balaban J connectivity index is 2.49. The van der Waals surface area contributed by atoms with Crippen molar-refractivity contribution in [3.8, 4) is 16.9 Å². The lowest BCUT2D eigenvalue weighted by atomic mass is 10.0. The van der Waals surface area contributed by atoms with Crippen LogP contribution >= 0.6 is 0 Å². The molecule has 0 radical (unpaired) electrons. The van der Waals surface area contributed by atoms with E-state index in [1.807, 2.05) is 0 Å². The van der Waals surface area contributed by atoms with E-state index in [0.717, 1.165) is 6.07 Å². The van der Waals surface area contributed by atoms with Crippen molar-refractivity contribution in [1.29, 1.82) is 0 Å². The molecule has 0 fully saturated rings. The average molecular weight is 282 g/mol. The topological polar surface area (TPSA) is 29.5 Å². The molecule has 20 heavy (non-hydrogen) atoms. The van der Waals surface area contributed by atoms with Gasteiger partial charge in [-0.15, -0.1) is 0 Å². The molecular weight excluding hydrogens is 269 g/mol. The third kappa shape index (κ3) is 2.63. The van der Waals surface area contributed by atoms with E-state index in [-0.39, 0.29) is 16.7 Å². The normalized spacial score (nSPS) is 10.7. The number of halogens is 3. The van der Waals surface area contributed by atoms with E-state index >= 15 is 0 Å². The van der Waals surface area contributed by atoms with Crippen molar-refractivity contribution in [2.45, 2.75) is 13.5 Å². The molecule has 0 amide bonds. The van der Waals surface area contributed by atoms with Crippen molar-refractivity contribution < 1.29 is 23.0 Å². The minimum Gasteiger partial charge on any atom is -0.494 e. The molecule has 0 saturated carbocycles. The van der Waals surface area contributed by atoms with Crippen LogP contribution in [0, 0.1) is 17.5 Å². The van der Waals surface area contributed by atoms with Crippen LogP contribution in [0.3, 0.4) is 0 Å². The minimum absolute atomic E-state index is 0.0608. The molecule has 0 aromatic heterocycles. The summed E-state index contributed by atoms with van der Waals surface area (Å²) in [7, 11) is 0. The van der Waals surface area contributed by atoms with Crippen LogP contribution in [0.25, 0.3) is 11.1 Å². The van der Waals surface area contributed by atoms with E-state index in [4.69, 9.17) is 9.84 Å². The molecule has 0 atom stereocenters. The summed E-state index contributed by atoms with van der Waals surface area (Å²) >= 11 is 0. The van der Waals surface area contributed by atoms with Crippen LogP contribution in [-0.4, -0.2) is 11.7 Å². The molecule has 0 bridgehead atoms. The Kier molecular flexibility index (Phi) is 4.29. The molecule has 0 aliphatic heterocycles. The first-order valence-electron chi connectivity index (χ1n) is 6.09. The Labute approximate surface area is 114 Å². The highest BCUT2D eigenvalue weighted by Crippen LogP contribution is 2.30. The molecule has 0 unspecified atom stereocenters. The summed E-state index contributed by atoms with van der Waals surface area (Å²) in [5.74, 6) is -2.73. The highest BCUT2D eigenvalue weighted by atomic mass is 19.2. The fourth-order valence-electron chi connectivity index (χ4n) is 1.89. The van der Waals surface area contributed by atoms with Gasteiger partial charge < -0.3 is 9.84 Å². The number of ether oxygens (including phenoxy) is 1. The number of hydrogen-bond acceptors (Lipinski definition) is 2. The molecule has 2 rings (SSSR count). The van der Waals surface area contributed by atoms with Gasteiger partial charge in [0.15, 0.2) is 11.6 Å². The number of rotatable bonds is 4. The van der Waals surface area contributed by atoms with Crippen molar-refractivity contribution >= 4 is 0 Å². The Morgan fingerprint density at radius 2 is 1.70 bits per heavy atom. The molecular formula is C15H13F3O2. The highest BCUT2D eigenvalue weighted by Gasteiger charge is 2.17. The molecule has 0 heterocycles. The second kappa shape index (κ2) is 5.96. The van der Waals surface area contributed by atoms with Crippen LogP contribution in [0.5, 0.6) is 5.75 Å². The SMILES string of the molecule is CCOc1ccc(-c2ccc(CO)c(F)c2F)c(F)c1. The van der Waals surface area contributed by atoms with Crippen LogP contribution in [0.15, 0.2) is 30.3 Å². The summed E-state index contributed by atoms with van der Waals surface area (Å²) < 4.78 is 46.5. The Hall–Kier alpha value is -2.01. The lowest BCUT2D eigenvalue weighted by molar-refractivity contribution is 0.273. The van der Waals surface area contributed by atoms with Gasteiger partial charge in [0, 0.05) is 22.8 Å². The van der Waals surface area contributed by atoms with Gasteiger partial charge in [0.05, 0.1) is 13.2 Å². The molecule has 1 N–H and O–H groups in total. The zero-order chi connectivity index (χ0) is 14.7. The van der Waals surface area contributed by atoms with Crippen LogP contribution in [0.4, 0.5) is 13.2 Å². The van der Waals surface area contributed by atoms with Crippen LogP contribution in [-0.2, 0) is 6.61 Å². The lowest BCUT2D eigenvalue weighted by Gasteiger charge is -2.10. The van der Waals surface area contributed by atoms with Gasteiger partial charge in [-0.3, -0.25) is 0 Å². The van der Waals surface area contributed by atoms with Crippen molar-refractivity contribution in [3.63, 3.8) is 0 Å². The van der Waals surface area contributed by atoms with Gasteiger partial charge in [0.25, 0.3) is 0 Å². The maximum Gasteiger partial charge on any atom is 0.167 e. The lowest BCUT2D eigenvalue weighted by Crippen LogP contribution is -1.99. The molecule has 106 valence electrons. The van der Waals surface area contributed by atoms with Crippen LogP contribution in [0.1, 0.15) is 12.5 Å². The monoisotopic (exact) mass is 282 g/mol. The van der Waals surface area contributed by atoms with E-state index in [9.17, 15) is 13.2 Å². The first-order valence-corrected chi connectivity index (χ1v) is 6.09. The first-order chi connectivity index (χ1) is 9.58. The Bertz CT molecular complexity index is 627. The molecule has 0 aliphatic rings. The summed E-state index contributed by atoms with van der Waals surface area (Å²) in [5, 5.41) is 8.86. The van der Waals surface area contributed by atoms with E-state index in [1.54, 1.807) is 6.92 Å². The van der Waals surface area contributed by atoms with Crippen LogP contribution < -0.4 is 4.74 Å². The zero-order valence-corrected chi connectivity index (χ0v) is 10.8. The van der Waals surface area contributed by atoms with Crippen molar-refractivity contribution in [3.05, 3.63) is 53.3 Å². The van der Waals surface area contributed by atoms with Crippen molar-refractivity contribution in [2.24, 2.45) is 0 Å². The maximum absolute atomic E-state index is 13.9. The largest absolute Gasteiger partial charge is 0.494 e. The third-order valence-electron chi connectivity index (χ3n) is 2.87. The molecule has 0 saturated heterocycles. The van der Waals surface area contributed by atoms with Gasteiger partial charge in [0.2, 0.25) is 0 Å². The summed E-state index contributed by atoms with van der Waals surface area (Å²) in [6.45, 7) is 1.52. The molecule has 2 nitrogen and oxygen atoms in total. The molecule has 0 aliphatic carbocycles. The smallest absolute Gasteiger partial charge is 0.167 e. The molecule has 0 spiro atoms. The van der Waals surface area contributed by atoms with Gasteiger partial charge in [0.1, 0.15) is 11.6 Å². The summed E-state index contributed by atoms with van der Waals surface area (Å²) in [6, 6.07) is 6.40. The standard InChI is InChI=1S/C15H13F3O2/c1-2-20-10-4-6-11(13(16)7-10)12-5-3-9(8-19)14(17)15(12)18/h3-7,19H,2,8H2,1H3. The van der Waals surface area contributed by atoms with Gasteiger partial charge in [-0.25, -0.2) is 13.2 Å². The molecule has 5 heteroatoms. The number of benzene rings is 2. The number of aliphatic hydroxyl groups excluding tert-OH is 1. The van der Waals surface area contributed by atoms with E-state index in [2.05, 4.69) is 0 Å². The number of hydrogen-bond donors (Lipinski definition) is 1. The average Bonchev–Trinajstić information content (AvgIpc) is 2.43. The predicted octanol–water partition coefficient (Wildman–Crippen LogP) is 3.66. The maximum atomic E-state index is 13.9. The zero-order valence-electron chi connectivity index (χ0n) is 10.8. The van der Waals surface area contributed by atoms with E-state index < -0.39 is 24.1 Å². The number of aliphatic hydroxyl groups is 1. The molecule has 2 aromatic carbocycles. The summed E-state index contributed by atoms with van der Waals surface area (Å²) in [4.78, 5) is 0. The summed E-state index contributed by atoms with van der Waals surface area (Å²) in [5.41, 5.74) is -0.424. The van der Waals surface area contributed by atoms with Gasteiger partial charge in [-0.1, -0.05) is 12.1 Å². The van der Waals surface area contributed by atoms with Crippen molar-refractivity contribution in [1.82, 2.24) is 0 Å². The third-order valence-corrected chi connectivity index (χ3v) is 2.87. The molecule has 2 aromatic rings. The van der Waals surface area contributed by atoms with Crippen LogP contribution in [0.2, 0.25) is 0 Å². The Morgan fingerprint density at radius 1 is 1.00 bits per heavy atom. The second-order valence-electron chi connectivity index (χ2n) is 4.13. The van der Waals surface area contributed by atoms with Gasteiger partial charge in [-0.2, -0.15) is 0 Å². The predicted molar refractivity (Wildman–Crippen MR) is 68.8 cm³/mol. The highest BCUT2D eigenvalue weighted by molar-refractivity contribution is 5.66. The van der Waals surface area contributed by atoms with Gasteiger partial charge >= 0.3 is 0 Å². The van der Waals surface area contributed by atoms with Gasteiger partial charge in [-0.05, 0) is 19.1 Å². The quantitative estimate of drug-likeness (QED) is 0.927. The minimum atomic E-state index is -1.18. The van der Waals surface area contributed by atoms with E-state index in [1.165, 1.54) is 24.3 Å². The first kappa shape index (κ1) is 14.4. The summed E-state index contributed by atoms with van der Waals surface area (Å²) in [6.07, 6.45) is 0. The van der Waals surface area contributed by atoms with E-state index in [0.29, 0.717) is 12.4 Å².